The molecule has 2 nitrogen and oxygen atoms in total. The van der Waals surface area contributed by atoms with Crippen LogP contribution in [0.1, 0.15) is 50.5 Å². The number of hydrogen-bond acceptors (Lipinski definition) is 1. The monoisotopic (exact) mass is 397 g/mol. The van der Waals surface area contributed by atoms with Crippen molar-refractivity contribution in [3.8, 4) is 0 Å². The molecule has 1 N–H and O–H groups in total. The van der Waals surface area contributed by atoms with E-state index in [0.29, 0.717) is 12.0 Å². The van der Waals surface area contributed by atoms with Crippen molar-refractivity contribution < 1.29 is 13.6 Å². The molecule has 0 saturated heterocycles. The molecule has 4 aliphatic rings. The third kappa shape index (κ3) is 3.24. The number of hydrogen-bond donors (Lipinski definition) is 1. The number of nitrogens with one attached hydrogen (secondary N) is 1. The van der Waals surface area contributed by atoms with Crippen molar-refractivity contribution in [2.75, 3.05) is 0 Å². The van der Waals surface area contributed by atoms with Crippen LogP contribution in [0, 0.1) is 28.9 Å². The Kier molecular flexibility index (Phi) is 3.98. The lowest BCUT2D eigenvalue weighted by molar-refractivity contribution is -0.128. The Labute approximate surface area is 149 Å². The van der Waals surface area contributed by atoms with Gasteiger partial charge in [0.25, 0.3) is 0 Å². The third-order valence-electron chi connectivity index (χ3n) is 6.06. The first-order chi connectivity index (χ1) is 11.3. The summed E-state index contributed by atoms with van der Waals surface area (Å²) in [4.78, 5) is 12.5. The lowest BCUT2D eigenvalue weighted by Crippen LogP contribution is -2.54. The zero-order valence-corrected chi connectivity index (χ0v) is 15.2. The van der Waals surface area contributed by atoms with E-state index < -0.39 is 11.6 Å². The molecule has 0 aromatic heterocycles. The Morgan fingerprint density at radius 1 is 1.12 bits per heavy atom. The summed E-state index contributed by atoms with van der Waals surface area (Å²) >= 11 is 3.96. The number of alkyl halides is 1. The predicted molar refractivity (Wildman–Crippen MR) is 91.6 cm³/mol. The smallest absolute Gasteiger partial charge is 0.220 e. The summed E-state index contributed by atoms with van der Waals surface area (Å²) in [6, 6.07) is 3.37. The molecule has 1 amide bonds. The molecule has 0 radical (unpaired) electrons. The van der Waals surface area contributed by atoms with Crippen molar-refractivity contribution in [2.45, 2.75) is 55.8 Å². The molecule has 0 heterocycles. The molecule has 0 aliphatic heterocycles. The van der Waals surface area contributed by atoms with Crippen LogP contribution in [0.2, 0.25) is 0 Å². The van der Waals surface area contributed by atoms with Crippen LogP contribution in [-0.2, 0) is 11.3 Å². The molecular formula is C19H22BrF2NO. The number of carbonyl (C=O) groups is 1. The van der Waals surface area contributed by atoms with Crippen molar-refractivity contribution in [2.24, 2.45) is 17.3 Å². The second-order valence-electron chi connectivity index (χ2n) is 8.34. The van der Waals surface area contributed by atoms with Crippen molar-refractivity contribution in [1.82, 2.24) is 5.32 Å². The summed E-state index contributed by atoms with van der Waals surface area (Å²) < 4.78 is 26.7. The van der Waals surface area contributed by atoms with Gasteiger partial charge in [0.15, 0.2) is 0 Å². The highest BCUT2D eigenvalue weighted by Gasteiger charge is 2.57. The van der Waals surface area contributed by atoms with Gasteiger partial charge in [0, 0.05) is 23.4 Å². The minimum atomic E-state index is -0.610. The summed E-state index contributed by atoms with van der Waals surface area (Å²) in [5.41, 5.74) is 0.577. The first kappa shape index (κ1) is 16.5. The highest BCUT2D eigenvalue weighted by atomic mass is 79.9. The van der Waals surface area contributed by atoms with Gasteiger partial charge in [0.05, 0.1) is 0 Å². The van der Waals surface area contributed by atoms with E-state index in [1.54, 1.807) is 0 Å². The fraction of sp³-hybridized carbons (Fsp3) is 0.632. The van der Waals surface area contributed by atoms with Gasteiger partial charge in [-0.2, -0.15) is 0 Å². The Balaban J connectivity index is 1.39. The van der Waals surface area contributed by atoms with Crippen molar-refractivity contribution in [3.05, 3.63) is 35.4 Å². The first-order valence-electron chi connectivity index (χ1n) is 8.74. The second kappa shape index (κ2) is 5.79. The molecule has 5 rings (SSSR count). The largest absolute Gasteiger partial charge is 0.352 e. The van der Waals surface area contributed by atoms with Crippen LogP contribution < -0.4 is 5.32 Å². The van der Waals surface area contributed by atoms with Gasteiger partial charge in [0.1, 0.15) is 11.6 Å². The number of benzene rings is 1. The molecule has 4 saturated carbocycles. The molecule has 1 aromatic carbocycles. The van der Waals surface area contributed by atoms with Crippen molar-refractivity contribution in [3.63, 3.8) is 0 Å². The predicted octanol–water partition coefficient (Wildman–Crippen LogP) is 4.71. The summed E-state index contributed by atoms with van der Waals surface area (Å²) in [5.74, 6) is 0.271. The number of halogens is 3. The van der Waals surface area contributed by atoms with E-state index in [2.05, 4.69) is 21.2 Å². The zero-order valence-electron chi connectivity index (χ0n) is 13.6. The fourth-order valence-electron chi connectivity index (χ4n) is 5.86. The van der Waals surface area contributed by atoms with Crippen molar-refractivity contribution >= 4 is 21.8 Å². The van der Waals surface area contributed by atoms with Gasteiger partial charge in [-0.25, -0.2) is 8.78 Å². The quantitative estimate of drug-likeness (QED) is 0.732. The van der Waals surface area contributed by atoms with Crippen LogP contribution in [0.5, 0.6) is 0 Å². The van der Waals surface area contributed by atoms with Gasteiger partial charge in [-0.1, -0.05) is 15.9 Å². The molecule has 24 heavy (non-hydrogen) atoms. The highest BCUT2D eigenvalue weighted by Crippen LogP contribution is 2.65. The summed E-state index contributed by atoms with van der Waals surface area (Å²) in [7, 11) is 0. The number of rotatable bonds is 4. The summed E-state index contributed by atoms with van der Waals surface area (Å²) in [6.45, 7) is 0.176. The van der Waals surface area contributed by atoms with E-state index in [4.69, 9.17) is 0 Å². The maximum Gasteiger partial charge on any atom is 0.220 e. The van der Waals surface area contributed by atoms with E-state index >= 15 is 0 Å². The minimum Gasteiger partial charge on any atom is -0.352 e. The molecule has 4 bridgehead atoms. The molecule has 5 heteroatoms. The summed E-state index contributed by atoms with van der Waals surface area (Å²) in [5, 5.41) is 2.85. The van der Waals surface area contributed by atoms with E-state index in [9.17, 15) is 13.6 Å². The van der Waals surface area contributed by atoms with Gasteiger partial charge >= 0.3 is 0 Å². The van der Waals surface area contributed by atoms with Crippen LogP contribution in [0.25, 0.3) is 0 Å². The Morgan fingerprint density at radius 3 is 2.33 bits per heavy atom. The van der Waals surface area contributed by atoms with Gasteiger partial charge in [-0.3, -0.25) is 4.79 Å². The second-order valence-corrected chi connectivity index (χ2v) is 10.0. The maximum atomic E-state index is 13.2. The third-order valence-corrected chi connectivity index (χ3v) is 6.99. The fourth-order valence-corrected chi connectivity index (χ4v) is 7.37. The van der Waals surface area contributed by atoms with E-state index in [0.717, 1.165) is 37.2 Å². The minimum absolute atomic E-state index is 0.00211. The topological polar surface area (TPSA) is 29.1 Å². The molecule has 130 valence electrons. The highest BCUT2D eigenvalue weighted by molar-refractivity contribution is 9.10. The van der Waals surface area contributed by atoms with Gasteiger partial charge < -0.3 is 5.32 Å². The molecule has 4 aliphatic carbocycles. The maximum absolute atomic E-state index is 13.2. The van der Waals surface area contributed by atoms with Gasteiger partial charge in [-0.05, 0) is 73.5 Å². The number of amides is 1. The van der Waals surface area contributed by atoms with Crippen LogP contribution in [0.15, 0.2) is 18.2 Å². The normalized spacial score (nSPS) is 36.8. The van der Waals surface area contributed by atoms with Gasteiger partial charge in [-0.15, -0.1) is 0 Å². The standard InChI is InChI=1S/C19H22BrF2NO/c20-19-7-13-1-14(8-19)6-18(5-13,11-19)9-17(24)23-10-12-2-15(21)4-16(22)3-12/h2-4,13-14H,1,5-11H2,(H,23,24)/t13-,14-,18?,19?/m1/s1. The van der Waals surface area contributed by atoms with Crippen LogP contribution in [0.3, 0.4) is 0 Å². The van der Waals surface area contributed by atoms with Gasteiger partial charge in [0.2, 0.25) is 5.91 Å². The first-order valence-corrected chi connectivity index (χ1v) is 9.53. The summed E-state index contributed by atoms with van der Waals surface area (Å²) in [6.07, 6.45) is 7.72. The van der Waals surface area contributed by atoms with E-state index in [1.807, 2.05) is 0 Å². The molecule has 2 atom stereocenters. The molecular weight excluding hydrogens is 376 g/mol. The van der Waals surface area contributed by atoms with Crippen LogP contribution in [0.4, 0.5) is 8.78 Å². The zero-order chi connectivity index (χ0) is 16.9. The van der Waals surface area contributed by atoms with E-state index in [1.165, 1.54) is 31.4 Å². The van der Waals surface area contributed by atoms with Crippen LogP contribution >= 0.6 is 15.9 Å². The molecule has 4 fully saturated rings. The SMILES string of the molecule is O=C(CC12C[C@H]3C[C@@H](CC(Br)(C3)C1)C2)NCc1cc(F)cc(F)c1. The Bertz CT molecular complexity index is 643. The van der Waals surface area contributed by atoms with E-state index in [-0.39, 0.29) is 22.2 Å². The molecule has 1 aromatic rings. The Morgan fingerprint density at radius 2 is 1.75 bits per heavy atom. The van der Waals surface area contributed by atoms with Crippen LogP contribution in [-0.4, -0.2) is 10.2 Å². The number of carbonyl (C=O) groups excluding carboxylic acids is 1. The lowest BCUT2D eigenvalue weighted by atomic mass is 9.48. The average molecular weight is 398 g/mol. The lowest BCUT2D eigenvalue weighted by Gasteiger charge is -2.60. The molecule has 0 spiro atoms. The average Bonchev–Trinajstić information content (AvgIpc) is 2.40. The van der Waals surface area contributed by atoms with Crippen molar-refractivity contribution in [1.29, 1.82) is 0 Å². The molecule has 0 unspecified atom stereocenters. The Hall–Kier alpha value is -0.970.